The molecular weight excluding hydrogens is 371 g/mol. The zero-order valence-electron chi connectivity index (χ0n) is 13.2. The molecule has 2 aromatic rings. The molecule has 8 heteroatoms. The first-order valence-electron chi connectivity index (χ1n) is 7.59. The molecule has 0 bridgehead atoms. The summed E-state index contributed by atoms with van der Waals surface area (Å²) in [6.45, 7) is 3.43. The highest BCUT2D eigenvalue weighted by Crippen LogP contribution is 2.26. The van der Waals surface area contributed by atoms with Gasteiger partial charge >= 0.3 is 0 Å². The quantitative estimate of drug-likeness (QED) is 0.811. The molecule has 0 radical (unpaired) electrons. The normalized spacial score (nSPS) is 15.8. The molecule has 1 aromatic heterocycles. The van der Waals surface area contributed by atoms with Crippen LogP contribution in [-0.4, -0.2) is 51.7 Å². The largest absolute Gasteiger partial charge is 0.335 e. The third kappa shape index (κ3) is 3.54. The Balaban J connectivity index is 1.63. The smallest absolute Gasteiger partial charge is 0.273 e. The Kier molecular flexibility index (Phi) is 5.35. The van der Waals surface area contributed by atoms with Gasteiger partial charge in [0.05, 0.1) is 11.2 Å². The van der Waals surface area contributed by atoms with Gasteiger partial charge in [0.25, 0.3) is 5.91 Å². The first-order valence-corrected chi connectivity index (χ1v) is 8.72. The number of aromatic nitrogens is 2. The summed E-state index contributed by atoms with van der Waals surface area (Å²) in [5.41, 5.74) is 1.36. The lowest BCUT2D eigenvalue weighted by Gasteiger charge is -2.35. The maximum atomic E-state index is 12.6. The van der Waals surface area contributed by atoms with Crippen molar-refractivity contribution in [3.63, 3.8) is 0 Å². The van der Waals surface area contributed by atoms with E-state index in [0.29, 0.717) is 40.4 Å². The van der Waals surface area contributed by atoms with Gasteiger partial charge in [-0.3, -0.25) is 14.4 Å². The second kappa shape index (κ2) is 7.31. The Morgan fingerprint density at radius 3 is 2.25 bits per heavy atom. The van der Waals surface area contributed by atoms with Crippen LogP contribution >= 0.6 is 34.8 Å². The number of carbonyl (C=O) groups is 1. The lowest BCUT2D eigenvalue weighted by atomic mass is 10.2. The number of halogens is 3. The number of piperazine rings is 1. The van der Waals surface area contributed by atoms with Crippen LogP contribution in [0.1, 0.15) is 16.1 Å². The van der Waals surface area contributed by atoms with Crippen LogP contribution in [0.2, 0.25) is 15.1 Å². The number of carbonyl (C=O) groups excluding carboxylic acids is 1. The fourth-order valence-electron chi connectivity index (χ4n) is 2.82. The summed E-state index contributed by atoms with van der Waals surface area (Å²) in [6.07, 6.45) is 1.49. The predicted molar refractivity (Wildman–Crippen MR) is 95.9 cm³/mol. The Morgan fingerprint density at radius 1 is 1.08 bits per heavy atom. The Morgan fingerprint density at radius 2 is 1.71 bits per heavy atom. The van der Waals surface area contributed by atoms with Crippen molar-refractivity contribution in [2.75, 3.05) is 26.2 Å². The number of hydrogen-bond donors (Lipinski definition) is 0. The first kappa shape index (κ1) is 17.5. The Bertz CT molecular complexity index is 714. The number of amides is 1. The molecule has 0 atom stereocenters. The van der Waals surface area contributed by atoms with Gasteiger partial charge in [0.15, 0.2) is 0 Å². The van der Waals surface area contributed by atoms with Crippen molar-refractivity contribution in [1.82, 2.24) is 19.6 Å². The van der Waals surface area contributed by atoms with E-state index in [1.165, 1.54) is 10.9 Å². The Labute approximate surface area is 155 Å². The average molecular weight is 388 g/mol. The molecule has 0 N–H and O–H groups in total. The highest BCUT2D eigenvalue weighted by Gasteiger charge is 2.26. The molecule has 2 heterocycles. The van der Waals surface area contributed by atoms with E-state index in [1.807, 2.05) is 18.2 Å². The predicted octanol–water partition coefficient (Wildman–Crippen LogP) is 3.34. The summed E-state index contributed by atoms with van der Waals surface area (Å²) in [4.78, 5) is 16.6. The minimum absolute atomic E-state index is 0.0876. The first-order chi connectivity index (χ1) is 11.5. The molecule has 0 aliphatic carbocycles. The van der Waals surface area contributed by atoms with Gasteiger partial charge in [0, 0.05) is 55.4 Å². The van der Waals surface area contributed by atoms with Crippen molar-refractivity contribution in [2.45, 2.75) is 6.54 Å². The van der Waals surface area contributed by atoms with E-state index >= 15 is 0 Å². The van der Waals surface area contributed by atoms with Crippen molar-refractivity contribution in [3.8, 4) is 0 Å². The number of rotatable bonds is 3. The molecule has 128 valence electrons. The van der Waals surface area contributed by atoms with Crippen LogP contribution in [0.5, 0.6) is 0 Å². The van der Waals surface area contributed by atoms with E-state index in [0.717, 1.165) is 18.7 Å². The minimum atomic E-state index is -0.0876. The second-order valence-electron chi connectivity index (χ2n) is 5.73. The van der Waals surface area contributed by atoms with E-state index in [9.17, 15) is 4.79 Å². The van der Waals surface area contributed by atoms with Crippen LogP contribution in [0.25, 0.3) is 0 Å². The van der Waals surface area contributed by atoms with Gasteiger partial charge in [-0.25, -0.2) is 0 Å². The summed E-state index contributed by atoms with van der Waals surface area (Å²) < 4.78 is 1.51. The second-order valence-corrected chi connectivity index (χ2v) is 6.95. The van der Waals surface area contributed by atoms with Gasteiger partial charge in [-0.15, -0.1) is 0 Å². The summed E-state index contributed by atoms with van der Waals surface area (Å²) in [6, 6.07) is 5.52. The third-order valence-electron chi connectivity index (χ3n) is 4.20. The van der Waals surface area contributed by atoms with Gasteiger partial charge in [0.1, 0.15) is 5.69 Å². The molecule has 1 aliphatic rings. The molecular formula is C16H17Cl3N4O. The minimum Gasteiger partial charge on any atom is -0.335 e. The van der Waals surface area contributed by atoms with Crippen molar-refractivity contribution in [1.29, 1.82) is 0 Å². The molecule has 3 rings (SSSR count). The van der Waals surface area contributed by atoms with Gasteiger partial charge in [-0.05, 0) is 12.1 Å². The average Bonchev–Trinajstić information content (AvgIpc) is 2.90. The Hall–Kier alpha value is -1.27. The van der Waals surface area contributed by atoms with Gasteiger partial charge in [0.2, 0.25) is 0 Å². The third-order valence-corrected chi connectivity index (χ3v) is 5.18. The molecule has 5 nitrogen and oxygen atoms in total. The van der Waals surface area contributed by atoms with E-state index in [4.69, 9.17) is 34.8 Å². The maximum Gasteiger partial charge on any atom is 0.273 e. The molecule has 1 aromatic carbocycles. The van der Waals surface area contributed by atoms with E-state index in [2.05, 4.69) is 10.00 Å². The van der Waals surface area contributed by atoms with Crippen LogP contribution < -0.4 is 0 Å². The standard InChI is InChI=1S/C16H17Cl3N4O/c1-21-15(14(19)9-20-21)16(24)23-7-5-22(6-8-23)10-11-12(17)3-2-4-13(11)18/h2-4,9H,5-8,10H2,1H3. The van der Waals surface area contributed by atoms with Crippen LogP contribution in [0, 0.1) is 0 Å². The number of aryl methyl sites for hydroxylation is 1. The SMILES string of the molecule is Cn1ncc(Cl)c1C(=O)N1CCN(Cc2c(Cl)cccc2Cl)CC1. The summed E-state index contributed by atoms with van der Waals surface area (Å²) in [5, 5.41) is 5.74. The number of hydrogen-bond acceptors (Lipinski definition) is 3. The van der Waals surface area contributed by atoms with Crippen LogP contribution in [0.4, 0.5) is 0 Å². The summed E-state index contributed by atoms with van der Waals surface area (Å²) in [5.74, 6) is -0.0876. The number of benzene rings is 1. The molecule has 1 amide bonds. The topological polar surface area (TPSA) is 41.4 Å². The van der Waals surface area contributed by atoms with Crippen molar-refractivity contribution >= 4 is 40.7 Å². The molecule has 1 aliphatic heterocycles. The fourth-order valence-corrected chi connectivity index (χ4v) is 3.58. The van der Waals surface area contributed by atoms with Gasteiger partial charge in [-0.1, -0.05) is 40.9 Å². The zero-order valence-corrected chi connectivity index (χ0v) is 15.4. The van der Waals surface area contributed by atoms with E-state index in [-0.39, 0.29) is 5.91 Å². The molecule has 0 spiro atoms. The van der Waals surface area contributed by atoms with Crippen LogP contribution in [0.3, 0.4) is 0 Å². The summed E-state index contributed by atoms with van der Waals surface area (Å²) in [7, 11) is 1.72. The van der Waals surface area contributed by atoms with Gasteiger partial charge in [-0.2, -0.15) is 5.10 Å². The van der Waals surface area contributed by atoms with Crippen molar-refractivity contribution < 1.29 is 4.79 Å². The summed E-state index contributed by atoms with van der Waals surface area (Å²) >= 11 is 18.5. The maximum absolute atomic E-state index is 12.6. The molecule has 0 saturated carbocycles. The van der Waals surface area contributed by atoms with E-state index in [1.54, 1.807) is 11.9 Å². The fraction of sp³-hybridized carbons (Fsp3) is 0.375. The molecule has 1 fully saturated rings. The van der Waals surface area contributed by atoms with Crippen LogP contribution in [0.15, 0.2) is 24.4 Å². The highest BCUT2D eigenvalue weighted by atomic mass is 35.5. The molecule has 0 unspecified atom stereocenters. The van der Waals surface area contributed by atoms with Crippen LogP contribution in [-0.2, 0) is 13.6 Å². The zero-order chi connectivity index (χ0) is 17.3. The van der Waals surface area contributed by atoms with Crippen molar-refractivity contribution in [2.24, 2.45) is 7.05 Å². The van der Waals surface area contributed by atoms with Crippen molar-refractivity contribution in [3.05, 3.63) is 50.7 Å². The molecule has 24 heavy (non-hydrogen) atoms. The van der Waals surface area contributed by atoms with Gasteiger partial charge < -0.3 is 4.90 Å². The van der Waals surface area contributed by atoms with E-state index < -0.39 is 0 Å². The monoisotopic (exact) mass is 386 g/mol. The lowest BCUT2D eigenvalue weighted by Crippen LogP contribution is -2.48. The molecule has 1 saturated heterocycles. The number of nitrogens with zero attached hydrogens (tertiary/aromatic N) is 4. The highest BCUT2D eigenvalue weighted by molar-refractivity contribution is 6.36. The lowest BCUT2D eigenvalue weighted by molar-refractivity contribution is 0.0618.